The number of hydrogen-bond acceptors (Lipinski definition) is 6. The number of carboxylic acid groups (broad SMARTS) is 1. The minimum Gasteiger partial charge on any atom is -0.478 e. The van der Waals surface area contributed by atoms with Gasteiger partial charge in [0.05, 0.1) is 11.8 Å². The summed E-state index contributed by atoms with van der Waals surface area (Å²) in [5, 5.41) is 12.8. The largest absolute Gasteiger partial charge is 0.478 e. The Bertz CT molecular complexity index is 829. The first-order chi connectivity index (χ1) is 10.2. The number of sulfonamides is 1. The van der Waals surface area contributed by atoms with Gasteiger partial charge in [-0.05, 0) is 18.2 Å². The predicted molar refractivity (Wildman–Crippen MR) is 81.9 cm³/mol. The molecule has 0 saturated carbocycles. The Morgan fingerprint density at radius 2 is 2.05 bits per heavy atom. The Kier molecular flexibility index (Phi) is 4.43. The molecule has 0 fully saturated rings. The molecule has 8 nitrogen and oxygen atoms in total. The lowest BCUT2D eigenvalue weighted by Crippen LogP contribution is -2.14. The minimum atomic E-state index is -3.46. The number of carboxylic acids is 1. The molecule has 116 valence electrons. The maximum Gasteiger partial charge on any atom is 0.335 e. The quantitative estimate of drug-likeness (QED) is 0.756. The van der Waals surface area contributed by atoms with Crippen molar-refractivity contribution >= 4 is 44.1 Å². The Hall–Kier alpha value is -2.46. The Morgan fingerprint density at radius 1 is 1.32 bits per heavy atom. The molecule has 2 rings (SSSR count). The molecule has 0 aliphatic heterocycles. The number of amides is 1. The van der Waals surface area contributed by atoms with Crippen LogP contribution in [0, 0.1) is 0 Å². The maximum absolute atomic E-state index is 12.0. The molecule has 0 radical (unpaired) electrons. The molecule has 0 aliphatic rings. The van der Waals surface area contributed by atoms with E-state index in [1.807, 2.05) is 0 Å². The summed E-state index contributed by atoms with van der Waals surface area (Å²) in [7, 11) is -3.46. The molecule has 1 aromatic heterocycles. The highest BCUT2D eigenvalue weighted by atomic mass is 32.2. The van der Waals surface area contributed by atoms with Gasteiger partial charge in [-0.15, -0.1) is 11.3 Å². The van der Waals surface area contributed by atoms with Crippen LogP contribution in [0.25, 0.3) is 0 Å². The lowest BCUT2D eigenvalue weighted by Gasteiger charge is -2.04. The first-order valence-electron chi connectivity index (χ1n) is 5.82. The van der Waals surface area contributed by atoms with Gasteiger partial charge < -0.3 is 10.4 Å². The second-order valence-electron chi connectivity index (χ2n) is 4.25. The highest BCUT2D eigenvalue weighted by molar-refractivity contribution is 7.92. The number of nitrogens with zero attached hydrogens (tertiary/aromatic N) is 1. The van der Waals surface area contributed by atoms with Crippen molar-refractivity contribution in [2.24, 2.45) is 0 Å². The van der Waals surface area contributed by atoms with Crippen molar-refractivity contribution in [2.75, 3.05) is 16.3 Å². The van der Waals surface area contributed by atoms with Crippen LogP contribution in [0.3, 0.4) is 0 Å². The molecule has 22 heavy (non-hydrogen) atoms. The first-order valence-corrected chi connectivity index (χ1v) is 8.60. The number of anilines is 2. The van der Waals surface area contributed by atoms with Crippen LogP contribution in [-0.4, -0.2) is 36.6 Å². The molecule has 1 amide bonds. The molecule has 0 atom stereocenters. The van der Waals surface area contributed by atoms with Gasteiger partial charge in [0.1, 0.15) is 5.69 Å². The van der Waals surface area contributed by atoms with E-state index in [1.165, 1.54) is 29.6 Å². The van der Waals surface area contributed by atoms with E-state index in [4.69, 9.17) is 5.11 Å². The zero-order chi connectivity index (χ0) is 16.3. The molecule has 3 N–H and O–H groups in total. The normalized spacial score (nSPS) is 11.0. The summed E-state index contributed by atoms with van der Waals surface area (Å²) in [5.74, 6) is -1.68. The van der Waals surface area contributed by atoms with Crippen LogP contribution in [0.4, 0.5) is 10.8 Å². The monoisotopic (exact) mass is 341 g/mol. The summed E-state index contributed by atoms with van der Waals surface area (Å²) >= 11 is 0.967. The highest BCUT2D eigenvalue weighted by Gasteiger charge is 2.13. The third-order valence-electron chi connectivity index (χ3n) is 2.38. The van der Waals surface area contributed by atoms with Gasteiger partial charge in [-0.2, -0.15) is 0 Å². The summed E-state index contributed by atoms with van der Waals surface area (Å²) in [6.07, 6.45) is 0.978. The first kappa shape index (κ1) is 15.9. The molecule has 2 aromatic rings. The number of aromatic nitrogens is 1. The molecule has 0 saturated heterocycles. The molecule has 0 spiro atoms. The molecular formula is C12H11N3O5S2. The van der Waals surface area contributed by atoms with Crippen molar-refractivity contribution in [3.8, 4) is 0 Å². The van der Waals surface area contributed by atoms with E-state index in [0.29, 0.717) is 5.69 Å². The number of hydrogen-bond donors (Lipinski definition) is 3. The second-order valence-corrected chi connectivity index (χ2v) is 6.86. The van der Waals surface area contributed by atoms with Gasteiger partial charge in [0.25, 0.3) is 5.91 Å². The Balaban J connectivity index is 2.13. The smallest absolute Gasteiger partial charge is 0.335 e. The van der Waals surface area contributed by atoms with Crippen molar-refractivity contribution in [1.82, 2.24) is 4.98 Å². The van der Waals surface area contributed by atoms with Crippen LogP contribution in [0.1, 0.15) is 20.8 Å². The number of rotatable bonds is 5. The number of nitrogens with one attached hydrogen (secondary N) is 2. The fraction of sp³-hybridized carbons (Fsp3) is 0.0833. The van der Waals surface area contributed by atoms with E-state index in [-0.39, 0.29) is 16.4 Å². The predicted octanol–water partition coefficient (Wildman–Crippen LogP) is 1.47. The third kappa shape index (κ3) is 4.27. The van der Waals surface area contributed by atoms with Crippen LogP contribution in [0.15, 0.2) is 29.6 Å². The van der Waals surface area contributed by atoms with Crippen LogP contribution >= 0.6 is 11.3 Å². The van der Waals surface area contributed by atoms with E-state index < -0.39 is 21.9 Å². The lowest BCUT2D eigenvalue weighted by atomic mass is 10.2. The van der Waals surface area contributed by atoms with Gasteiger partial charge in [0.2, 0.25) is 10.0 Å². The van der Waals surface area contributed by atoms with Gasteiger partial charge in [0, 0.05) is 11.1 Å². The maximum atomic E-state index is 12.0. The van der Waals surface area contributed by atoms with Gasteiger partial charge >= 0.3 is 5.97 Å². The standard InChI is InChI=1S/C12H11N3O5S2/c1-22(19,20)15-12-14-9(6-21-12)10(16)13-8-4-2-3-7(5-8)11(17)18/h2-6H,1H3,(H,13,16)(H,14,15)(H,17,18). The van der Waals surface area contributed by atoms with Crippen LogP contribution in [-0.2, 0) is 10.0 Å². The topological polar surface area (TPSA) is 125 Å². The average Bonchev–Trinajstić information content (AvgIpc) is 2.85. The van der Waals surface area contributed by atoms with Crippen LogP contribution in [0.2, 0.25) is 0 Å². The summed E-state index contributed by atoms with van der Waals surface area (Å²) in [6, 6.07) is 5.74. The molecule has 0 bridgehead atoms. The van der Waals surface area contributed by atoms with Crippen molar-refractivity contribution in [1.29, 1.82) is 0 Å². The minimum absolute atomic E-state index is 0.0249. The zero-order valence-corrected chi connectivity index (χ0v) is 12.9. The van der Waals surface area contributed by atoms with E-state index in [2.05, 4.69) is 15.0 Å². The van der Waals surface area contributed by atoms with Crippen LogP contribution in [0.5, 0.6) is 0 Å². The fourth-order valence-corrected chi connectivity index (χ4v) is 3.05. The molecule has 10 heteroatoms. The lowest BCUT2D eigenvalue weighted by molar-refractivity contribution is 0.0696. The molecular weight excluding hydrogens is 330 g/mol. The zero-order valence-electron chi connectivity index (χ0n) is 11.2. The molecule has 1 heterocycles. The van der Waals surface area contributed by atoms with E-state index in [1.54, 1.807) is 0 Å². The summed E-state index contributed by atoms with van der Waals surface area (Å²) in [4.78, 5) is 26.7. The number of carbonyl (C=O) groups is 2. The third-order valence-corrected chi connectivity index (χ3v) is 3.83. The van der Waals surface area contributed by atoms with E-state index in [9.17, 15) is 18.0 Å². The van der Waals surface area contributed by atoms with Crippen molar-refractivity contribution in [2.45, 2.75) is 0 Å². The van der Waals surface area contributed by atoms with Gasteiger partial charge in [-0.1, -0.05) is 6.07 Å². The van der Waals surface area contributed by atoms with Crippen molar-refractivity contribution in [3.05, 3.63) is 40.9 Å². The van der Waals surface area contributed by atoms with Gasteiger partial charge in [-0.3, -0.25) is 9.52 Å². The number of benzene rings is 1. The molecule has 0 unspecified atom stereocenters. The number of aromatic carboxylic acids is 1. The molecule has 1 aromatic carbocycles. The van der Waals surface area contributed by atoms with Crippen LogP contribution < -0.4 is 10.0 Å². The fourth-order valence-electron chi connectivity index (χ4n) is 1.51. The number of carbonyl (C=O) groups excluding carboxylic acids is 1. The highest BCUT2D eigenvalue weighted by Crippen LogP contribution is 2.18. The molecule has 0 aliphatic carbocycles. The van der Waals surface area contributed by atoms with Crippen molar-refractivity contribution < 1.29 is 23.1 Å². The summed E-state index contributed by atoms with van der Waals surface area (Å²) in [5.41, 5.74) is 0.364. The van der Waals surface area contributed by atoms with E-state index >= 15 is 0 Å². The summed E-state index contributed by atoms with van der Waals surface area (Å²) < 4.78 is 24.3. The summed E-state index contributed by atoms with van der Waals surface area (Å²) in [6.45, 7) is 0. The Morgan fingerprint density at radius 3 is 2.68 bits per heavy atom. The SMILES string of the molecule is CS(=O)(=O)Nc1nc(C(=O)Nc2cccc(C(=O)O)c2)cs1. The average molecular weight is 341 g/mol. The Labute approximate surface area is 129 Å². The van der Waals surface area contributed by atoms with E-state index in [0.717, 1.165) is 17.6 Å². The number of thiazole rings is 1. The van der Waals surface area contributed by atoms with Gasteiger partial charge in [-0.25, -0.2) is 18.2 Å². The van der Waals surface area contributed by atoms with Crippen molar-refractivity contribution in [3.63, 3.8) is 0 Å². The second kappa shape index (κ2) is 6.12. The van der Waals surface area contributed by atoms with Gasteiger partial charge in [0.15, 0.2) is 5.13 Å².